The third-order valence-corrected chi connectivity index (χ3v) is 4.47. The predicted octanol–water partition coefficient (Wildman–Crippen LogP) is 4.26. The first kappa shape index (κ1) is 17.9. The van der Waals surface area contributed by atoms with Crippen LogP contribution in [0.25, 0.3) is 10.8 Å². The lowest BCUT2D eigenvalue weighted by Gasteiger charge is -2.13. The fraction of sp³-hybridized carbons (Fsp3) is 0.100. The van der Waals surface area contributed by atoms with Crippen molar-refractivity contribution in [2.24, 2.45) is 5.10 Å². The Balaban J connectivity index is 1.67. The summed E-state index contributed by atoms with van der Waals surface area (Å²) in [6.45, 7) is 1.75. The van der Waals surface area contributed by atoms with Crippen LogP contribution in [0, 0.1) is 0 Å². The number of rotatable bonds is 5. The Morgan fingerprint density at radius 2 is 1.85 bits per heavy atom. The highest BCUT2D eigenvalue weighted by Gasteiger charge is 2.12. The maximum Gasteiger partial charge on any atom is 0.262 e. The molecule has 0 aliphatic heterocycles. The monoisotopic (exact) mass is 411 g/mol. The Morgan fingerprint density at radius 3 is 2.62 bits per heavy atom. The topological polar surface area (TPSA) is 73.7 Å². The molecule has 0 aliphatic rings. The first-order chi connectivity index (χ1) is 12.5. The van der Waals surface area contributed by atoms with E-state index in [0.29, 0.717) is 5.56 Å². The molecule has 6 heteroatoms. The van der Waals surface area contributed by atoms with E-state index in [1.54, 1.807) is 13.0 Å². The molecule has 1 amide bonds. The van der Waals surface area contributed by atoms with E-state index in [0.717, 1.165) is 20.9 Å². The van der Waals surface area contributed by atoms with Crippen LogP contribution in [0.5, 0.6) is 5.75 Å². The Kier molecular flexibility index (Phi) is 5.53. The fourth-order valence-electron chi connectivity index (χ4n) is 2.54. The molecule has 0 saturated carbocycles. The average Bonchev–Trinajstić information content (AvgIpc) is 2.65. The molecule has 0 fully saturated rings. The summed E-state index contributed by atoms with van der Waals surface area (Å²) in [6.07, 6.45) is 1.46. The van der Waals surface area contributed by atoms with Crippen LogP contribution in [-0.4, -0.2) is 23.3 Å². The number of amides is 1. The number of phenolic OH excluding ortho intramolecular Hbond substituents is 1. The summed E-state index contributed by atoms with van der Waals surface area (Å²) < 4.78 is 0.972. The van der Waals surface area contributed by atoms with Crippen molar-refractivity contribution < 1.29 is 9.90 Å². The molecule has 0 heterocycles. The van der Waals surface area contributed by atoms with Gasteiger partial charge in [0.05, 0.1) is 6.21 Å². The second kappa shape index (κ2) is 8.01. The lowest BCUT2D eigenvalue weighted by atomic mass is 10.0. The van der Waals surface area contributed by atoms with E-state index in [1.807, 2.05) is 54.6 Å². The number of nitrogens with one attached hydrogen (secondary N) is 2. The SMILES string of the molecule is CC(Nc1ccc(Br)cc1)C(=O)N/N=C/c1c(O)ccc2ccccc12. The number of fused-ring (bicyclic) bond motifs is 1. The van der Waals surface area contributed by atoms with Crippen LogP contribution in [0.15, 0.2) is 70.2 Å². The number of hydrogen-bond donors (Lipinski definition) is 3. The van der Waals surface area contributed by atoms with Crippen LogP contribution < -0.4 is 10.7 Å². The molecule has 3 N–H and O–H groups in total. The average molecular weight is 412 g/mol. The van der Waals surface area contributed by atoms with Crippen LogP contribution in [0.3, 0.4) is 0 Å². The van der Waals surface area contributed by atoms with E-state index in [4.69, 9.17) is 0 Å². The minimum absolute atomic E-state index is 0.114. The number of benzene rings is 3. The molecule has 0 spiro atoms. The predicted molar refractivity (Wildman–Crippen MR) is 109 cm³/mol. The highest BCUT2D eigenvalue weighted by molar-refractivity contribution is 9.10. The number of carbonyl (C=O) groups is 1. The summed E-state index contributed by atoms with van der Waals surface area (Å²) in [5, 5.41) is 19.0. The zero-order valence-corrected chi connectivity index (χ0v) is 15.7. The molecule has 3 aromatic carbocycles. The van der Waals surface area contributed by atoms with Crippen molar-refractivity contribution >= 4 is 44.5 Å². The Hall–Kier alpha value is -2.86. The van der Waals surface area contributed by atoms with E-state index in [-0.39, 0.29) is 11.7 Å². The van der Waals surface area contributed by atoms with Crippen molar-refractivity contribution in [3.05, 3.63) is 70.7 Å². The van der Waals surface area contributed by atoms with Crippen molar-refractivity contribution in [2.75, 3.05) is 5.32 Å². The van der Waals surface area contributed by atoms with E-state index >= 15 is 0 Å². The van der Waals surface area contributed by atoms with Crippen molar-refractivity contribution in [2.45, 2.75) is 13.0 Å². The Labute approximate surface area is 159 Å². The fourth-order valence-corrected chi connectivity index (χ4v) is 2.80. The van der Waals surface area contributed by atoms with Crippen LogP contribution in [0.4, 0.5) is 5.69 Å². The maximum atomic E-state index is 12.2. The number of carbonyl (C=O) groups excluding carboxylic acids is 1. The summed E-state index contributed by atoms with van der Waals surface area (Å²) in [6, 6.07) is 18.2. The van der Waals surface area contributed by atoms with Gasteiger partial charge < -0.3 is 10.4 Å². The number of aromatic hydroxyl groups is 1. The second-order valence-electron chi connectivity index (χ2n) is 5.83. The lowest BCUT2D eigenvalue weighted by Crippen LogP contribution is -2.34. The quantitative estimate of drug-likeness (QED) is 0.433. The van der Waals surface area contributed by atoms with Crippen molar-refractivity contribution in [3.63, 3.8) is 0 Å². The van der Waals surface area contributed by atoms with Gasteiger partial charge in [-0.05, 0) is 48.0 Å². The summed E-state index contributed by atoms with van der Waals surface area (Å²) in [4.78, 5) is 12.2. The van der Waals surface area contributed by atoms with Gasteiger partial charge in [-0.15, -0.1) is 0 Å². The van der Waals surface area contributed by atoms with E-state index in [2.05, 4.69) is 31.8 Å². The lowest BCUT2D eigenvalue weighted by molar-refractivity contribution is -0.121. The minimum Gasteiger partial charge on any atom is -0.507 e. The van der Waals surface area contributed by atoms with Gasteiger partial charge in [-0.3, -0.25) is 4.79 Å². The summed E-state index contributed by atoms with van der Waals surface area (Å²) in [7, 11) is 0. The third kappa shape index (κ3) is 4.21. The van der Waals surface area contributed by atoms with Gasteiger partial charge in [0.2, 0.25) is 0 Å². The molecular formula is C20H18BrN3O2. The number of hydrazone groups is 1. The number of nitrogens with zero attached hydrogens (tertiary/aromatic N) is 1. The molecule has 0 bridgehead atoms. The van der Waals surface area contributed by atoms with Gasteiger partial charge in [-0.1, -0.05) is 46.3 Å². The first-order valence-corrected chi connectivity index (χ1v) is 8.89. The van der Waals surface area contributed by atoms with Crippen LogP contribution >= 0.6 is 15.9 Å². The molecular weight excluding hydrogens is 394 g/mol. The zero-order chi connectivity index (χ0) is 18.5. The maximum absolute atomic E-state index is 12.2. The molecule has 1 unspecified atom stereocenters. The van der Waals surface area contributed by atoms with Crippen molar-refractivity contribution in [3.8, 4) is 5.75 Å². The molecule has 3 aromatic rings. The van der Waals surface area contributed by atoms with Gasteiger partial charge in [0.1, 0.15) is 11.8 Å². The Bertz CT molecular complexity index is 955. The largest absolute Gasteiger partial charge is 0.507 e. The first-order valence-electron chi connectivity index (χ1n) is 8.10. The molecule has 26 heavy (non-hydrogen) atoms. The van der Waals surface area contributed by atoms with Crippen molar-refractivity contribution in [1.82, 2.24) is 5.43 Å². The van der Waals surface area contributed by atoms with E-state index in [9.17, 15) is 9.90 Å². The highest BCUT2D eigenvalue weighted by atomic mass is 79.9. The number of halogens is 1. The summed E-state index contributed by atoms with van der Waals surface area (Å²) in [5.41, 5.74) is 3.91. The van der Waals surface area contributed by atoms with Gasteiger partial charge in [-0.2, -0.15) is 5.10 Å². The zero-order valence-electron chi connectivity index (χ0n) is 14.1. The molecule has 0 aromatic heterocycles. The van der Waals surface area contributed by atoms with Crippen LogP contribution in [-0.2, 0) is 4.79 Å². The van der Waals surface area contributed by atoms with Gasteiger partial charge >= 0.3 is 0 Å². The van der Waals surface area contributed by atoms with Crippen molar-refractivity contribution in [1.29, 1.82) is 0 Å². The van der Waals surface area contributed by atoms with Gasteiger partial charge in [0, 0.05) is 15.7 Å². The van der Waals surface area contributed by atoms with Crippen LogP contribution in [0.2, 0.25) is 0 Å². The molecule has 1 atom stereocenters. The summed E-state index contributed by atoms with van der Waals surface area (Å²) in [5.74, 6) is -0.161. The molecule has 132 valence electrons. The molecule has 0 aliphatic carbocycles. The normalized spacial score (nSPS) is 12.2. The van der Waals surface area contributed by atoms with Gasteiger partial charge in [-0.25, -0.2) is 5.43 Å². The summed E-state index contributed by atoms with van der Waals surface area (Å²) >= 11 is 3.37. The minimum atomic E-state index is -0.463. The van der Waals surface area contributed by atoms with Gasteiger partial charge in [0.25, 0.3) is 5.91 Å². The Morgan fingerprint density at radius 1 is 1.12 bits per heavy atom. The van der Waals surface area contributed by atoms with E-state index in [1.165, 1.54) is 6.21 Å². The standard InChI is InChI=1S/C20H18BrN3O2/c1-13(23-16-9-7-15(21)8-10-16)20(26)24-22-12-18-17-5-3-2-4-14(17)6-11-19(18)25/h2-13,23,25H,1H3,(H,24,26)/b22-12+. The number of anilines is 1. The molecule has 5 nitrogen and oxygen atoms in total. The highest BCUT2D eigenvalue weighted by Crippen LogP contribution is 2.25. The van der Waals surface area contributed by atoms with E-state index < -0.39 is 6.04 Å². The number of hydrogen-bond acceptors (Lipinski definition) is 4. The third-order valence-electron chi connectivity index (χ3n) is 3.94. The van der Waals surface area contributed by atoms with Gasteiger partial charge in [0.15, 0.2) is 0 Å². The molecule has 3 rings (SSSR count). The molecule has 0 saturated heterocycles. The van der Waals surface area contributed by atoms with Crippen LogP contribution in [0.1, 0.15) is 12.5 Å². The number of phenols is 1. The molecule has 0 radical (unpaired) electrons. The smallest absolute Gasteiger partial charge is 0.262 e. The second-order valence-corrected chi connectivity index (χ2v) is 6.74.